The van der Waals surface area contributed by atoms with Gasteiger partial charge < -0.3 is 24.4 Å². The summed E-state index contributed by atoms with van der Waals surface area (Å²) >= 11 is 0. The number of carbonyl (C=O) groups excluding carboxylic acids is 3. The van der Waals surface area contributed by atoms with E-state index in [1.54, 1.807) is 14.0 Å². The predicted octanol–water partition coefficient (Wildman–Crippen LogP) is 2.42. The molecule has 8 heteroatoms. The van der Waals surface area contributed by atoms with Gasteiger partial charge in [-0.3, -0.25) is 14.4 Å². The Hall–Kier alpha value is -1.51. The lowest BCUT2D eigenvalue weighted by atomic mass is 9.40. The Morgan fingerprint density at radius 3 is 2.32 bits per heavy atom. The fraction of sp³-hybridized carbons (Fsp3) is 0.885. The van der Waals surface area contributed by atoms with Crippen molar-refractivity contribution in [3.8, 4) is 0 Å². The summed E-state index contributed by atoms with van der Waals surface area (Å²) in [6.07, 6.45) is 2.50. The quantitative estimate of drug-likeness (QED) is 0.576. The fourth-order valence-electron chi connectivity index (χ4n) is 8.68. The van der Waals surface area contributed by atoms with Crippen molar-refractivity contribution in [2.75, 3.05) is 13.7 Å². The van der Waals surface area contributed by atoms with Crippen LogP contribution in [-0.4, -0.2) is 65.6 Å². The van der Waals surface area contributed by atoms with Gasteiger partial charge in [-0.05, 0) is 63.7 Å². The largest absolute Gasteiger partial charge is 0.465 e. The van der Waals surface area contributed by atoms with Gasteiger partial charge in [0.25, 0.3) is 0 Å². The van der Waals surface area contributed by atoms with Crippen LogP contribution < -0.4 is 0 Å². The minimum Gasteiger partial charge on any atom is -0.465 e. The molecule has 4 aliphatic rings. The molecule has 4 rings (SSSR count). The minimum absolute atomic E-state index is 0.00310. The Morgan fingerprint density at radius 2 is 1.74 bits per heavy atom. The van der Waals surface area contributed by atoms with E-state index in [2.05, 4.69) is 6.92 Å². The number of hydrogen-bond donors (Lipinski definition) is 2. The van der Waals surface area contributed by atoms with Gasteiger partial charge in [-0.15, -0.1) is 0 Å². The van der Waals surface area contributed by atoms with Gasteiger partial charge in [0.2, 0.25) is 0 Å². The second-order valence-corrected chi connectivity index (χ2v) is 11.6. The van der Waals surface area contributed by atoms with Crippen LogP contribution in [-0.2, 0) is 28.6 Å². The van der Waals surface area contributed by atoms with Crippen LogP contribution in [0.5, 0.6) is 0 Å². The maximum atomic E-state index is 12.8. The highest BCUT2D eigenvalue weighted by Crippen LogP contribution is 2.69. The molecule has 0 aromatic rings. The summed E-state index contributed by atoms with van der Waals surface area (Å²) in [7, 11) is 1.69. The number of ketones is 1. The number of esters is 2. The standard InChI is InChI=1S/C26H40O8/c1-14(27)19-6-7-20-23-21(30)11-17-10-18(32-5)8-9-24(17,4)26(23,31)22(34-16(3)29)12-25(19,20)13-33-15(2)28/h17-23,30-31H,6-13H2,1-5H3/t17-,18+,19+,20-,21+,22+,23+,24-,25-,26+/m0/s1. The molecular formula is C26H40O8. The van der Waals surface area contributed by atoms with Crippen molar-refractivity contribution < 1.29 is 38.8 Å². The molecule has 4 fully saturated rings. The van der Waals surface area contributed by atoms with Crippen molar-refractivity contribution in [2.24, 2.45) is 34.5 Å². The summed E-state index contributed by atoms with van der Waals surface area (Å²) < 4.78 is 17.0. The van der Waals surface area contributed by atoms with E-state index in [1.807, 2.05) is 0 Å². The third kappa shape index (κ3) is 3.63. The first-order valence-corrected chi connectivity index (χ1v) is 12.6. The molecule has 4 saturated carbocycles. The molecule has 0 saturated heterocycles. The maximum Gasteiger partial charge on any atom is 0.303 e. The van der Waals surface area contributed by atoms with Crippen molar-refractivity contribution in [3.05, 3.63) is 0 Å². The molecule has 0 spiro atoms. The first-order chi connectivity index (χ1) is 15.9. The molecule has 0 radical (unpaired) electrons. The molecule has 0 bridgehead atoms. The highest BCUT2D eigenvalue weighted by Gasteiger charge is 2.75. The predicted molar refractivity (Wildman–Crippen MR) is 121 cm³/mol. The molecule has 0 aromatic heterocycles. The van der Waals surface area contributed by atoms with Crippen molar-refractivity contribution >= 4 is 17.7 Å². The molecule has 8 nitrogen and oxygen atoms in total. The topological polar surface area (TPSA) is 119 Å². The van der Waals surface area contributed by atoms with Crippen LogP contribution in [0.25, 0.3) is 0 Å². The number of carbonyl (C=O) groups is 3. The summed E-state index contributed by atoms with van der Waals surface area (Å²) in [5, 5.41) is 24.2. The second kappa shape index (κ2) is 8.86. The molecule has 0 heterocycles. The summed E-state index contributed by atoms with van der Waals surface area (Å²) in [5.74, 6) is -2.16. The Balaban J connectivity index is 1.84. The van der Waals surface area contributed by atoms with Crippen LogP contribution in [0, 0.1) is 34.5 Å². The number of aliphatic hydroxyl groups is 2. The zero-order chi connectivity index (χ0) is 25.1. The van der Waals surface area contributed by atoms with Crippen LogP contribution in [0.1, 0.15) is 72.6 Å². The summed E-state index contributed by atoms with van der Waals surface area (Å²) in [6.45, 7) is 6.28. The highest BCUT2D eigenvalue weighted by atomic mass is 16.6. The zero-order valence-electron chi connectivity index (χ0n) is 21.0. The maximum absolute atomic E-state index is 12.8. The summed E-state index contributed by atoms with van der Waals surface area (Å²) in [6, 6.07) is 0. The van der Waals surface area contributed by atoms with Crippen LogP contribution in [0.4, 0.5) is 0 Å². The molecule has 4 aliphatic carbocycles. The zero-order valence-corrected chi connectivity index (χ0v) is 21.0. The molecule has 0 unspecified atom stereocenters. The van der Waals surface area contributed by atoms with E-state index in [4.69, 9.17) is 14.2 Å². The van der Waals surface area contributed by atoms with E-state index in [0.29, 0.717) is 25.7 Å². The molecule has 2 N–H and O–H groups in total. The number of ether oxygens (including phenoxy) is 3. The van der Waals surface area contributed by atoms with Crippen LogP contribution >= 0.6 is 0 Å². The van der Waals surface area contributed by atoms with Gasteiger partial charge >= 0.3 is 11.9 Å². The van der Waals surface area contributed by atoms with Gasteiger partial charge in [0.1, 0.15) is 17.5 Å². The molecule has 192 valence electrons. The summed E-state index contributed by atoms with van der Waals surface area (Å²) in [5.41, 5.74) is -2.84. The second-order valence-electron chi connectivity index (χ2n) is 11.6. The molecular weight excluding hydrogens is 440 g/mol. The SMILES string of the molecule is CO[C@@H]1CC[C@@]2(C)[C@@H](C1)C[C@@H](O)[C@H]1[C@@H]3CC[C@H](C(C)=O)[C@@]3(COC(C)=O)C[C@@H](OC(C)=O)[C@@]12O. The molecule has 10 atom stereocenters. The van der Waals surface area contributed by atoms with Gasteiger partial charge in [0, 0.05) is 43.6 Å². The Kier molecular flexibility index (Phi) is 6.66. The minimum atomic E-state index is -1.46. The molecule has 0 amide bonds. The van der Waals surface area contributed by atoms with Gasteiger partial charge in [0.05, 0.1) is 18.8 Å². The number of Topliss-reactive ketones (excluding diaryl/α,β-unsaturated/α-hetero) is 1. The van der Waals surface area contributed by atoms with Crippen LogP contribution in [0.2, 0.25) is 0 Å². The normalized spacial score (nSPS) is 47.7. The first-order valence-electron chi connectivity index (χ1n) is 12.6. The Labute approximate surface area is 201 Å². The van der Waals surface area contributed by atoms with E-state index in [9.17, 15) is 24.6 Å². The number of hydrogen-bond acceptors (Lipinski definition) is 8. The number of aliphatic hydroxyl groups excluding tert-OH is 1. The van der Waals surface area contributed by atoms with Crippen molar-refractivity contribution in [1.82, 2.24) is 0 Å². The monoisotopic (exact) mass is 480 g/mol. The van der Waals surface area contributed by atoms with Gasteiger partial charge in [-0.1, -0.05) is 6.92 Å². The lowest BCUT2D eigenvalue weighted by Gasteiger charge is -2.68. The van der Waals surface area contributed by atoms with Crippen molar-refractivity contribution in [3.63, 3.8) is 0 Å². The lowest BCUT2D eigenvalue weighted by molar-refractivity contribution is -0.313. The van der Waals surface area contributed by atoms with E-state index in [1.165, 1.54) is 13.8 Å². The molecule has 34 heavy (non-hydrogen) atoms. The summed E-state index contributed by atoms with van der Waals surface area (Å²) in [4.78, 5) is 36.9. The number of fused-ring (bicyclic) bond motifs is 5. The average Bonchev–Trinajstić information content (AvgIpc) is 3.12. The fourth-order valence-corrected chi connectivity index (χ4v) is 8.68. The van der Waals surface area contributed by atoms with Crippen LogP contribution in [0.3, 0.4) is 0 Å². The third-order valence-electron chi connectivity index (χ3n) is 10.2. The van der Waals surface area contributed by atoms with Crippen LogP contribution in [0.15, 0.2) is 0 Å². The van der Waals surface area contributed by atoms with Gasteiger partial charge in [-0.2, -0.15) is 0 Å². The highest BCUT2D eigenvalue weighted by molar-refractivity contribution is 5.80. The van der Waals surface area contributed by atoms with E-state index >= 15 is 0 Å². The third-order valence-corrected chi connectivity index (χ3v) is 10.2. The number of rotatable bonds is 5. The lowest BCUT2D eigenvalue weighted by Crippen LogP contribution is -2.75. The van der Waals surface area contributed by atoms with E-state index in [0.717, 1.165) is 12.8 Å². The van der Waals surface area contributed by atoms with E-state index in [-0.39, 0.29) is 42.7 Å². The van der Waals surface area contributed by atoms with Crippen molar-refractivity contribution in [1.29, 1.82) is 0 Å². The molecule has 0 aromatic carbocycles. The van der Waals surface area contributed by atoms with Gasteiger partial charge in [0.15, 0.2) is 0 Å². The molecule has 0 aliphatic heterocycles. The number of methoxy groups -OCH3 is 1. The first kappa shape index (κ1) is 25.6. The smallest absolute Gasteiger partial charge is 0.303 e. The van der Waals surface area contributed by atoms with Crippen molar-refractivity contribution in [2.45, 2.75) is 96.6 Å². The Bertz CT molecular complexity index is 843. The average molecular weight is 481 g/mol. The van der Waals surface area contributed by atoms with Gasteiger partial charge in [-0.25, -0.2) is 0 Å². The van der Waals surface area contributed by atoms with E-state index < -0.39 is 46.5 Å². The Morgan fingerprint density at radius 1 is 1.03 bits per heavy atom.